The average molecular weight is 448 g/mol. The molecule has 170 valence electrons. The molecule has 4 rings (SSSR count). The second kappa shape index (κ2) is 10.3. The summed E-state index contributed by atoms with van der Waals surface area (Å²) in [6.45, 7) is 1.44. The van der Waals surface area contributed by atoms with E-state index in [2.05, 4.69) is 5.32 Å². The number of carbonyl (C=O) groups excluding carboxylic acids is 2. The van der Waals surface area contributed by atoms with Gasteiger partial charge in [0.2, 0.25) is 0 Å². The van der Waals surface area contributed by atoms with E-state index in [0.717, 1.165) is 12.0 Å². The molecule has 3 aromatic rings. The van der Waals surface area contributed by atoms with Gasteiger partial charge in [0.1, 0.15) is 5.82 Å². The van der Waals surface area contributed by atoms with Crippen LogP contribution in [-0.2, 0) is 13.0 Å². The van der Waals surface area contributed by atoms with Gasteiger partial charge in [-0.2, -0.15) is 0 Å². The maximum Gasteiger partial charge on any atom is 0.324 e. The molecule has 3 amide bonds. The third-order valence-corrected chi connectivity index (χ3v) is 5.68. The van der Waals surface area contributed by atoms with E-state index in [1.54, 1.807) is 64.4 Å². The molecule has 1 fully saturated rings. The van der Waals surface area contributed by atoms with Crippen LogP contribution in [0, 0.1) is 5.82 Å². The molecule has 0 unspecified atom stereocenters. The fourth-order valence-electron chi connectivity index (χ4n) is 3.88. The second-order valence-electron chi connectivity index (χ2n) is 7.97. The molecule has 0 bridgehead atoms. The Morgan fingerprint density at radius 1 is 0.970 bits per heavy atom. The van der Waals surface area contributed by atoms with Gasteiger partial charge in [0, 0.05) is 42.2 Å². The van der Waals surface area contributed by atoms with Gasteiger partial charge in [0.05, 0.1) is 6.54 Å². The van der Waals surface area contributed by atoms with Crippen molar-refractivity contribution in [2.75, 3.05) is 29.9 Å². The number of hydrogen-bond donors (Lipinski definition) is 2. The average Bonchev–Trinajstić information content (AvgIpc) is 2.83. The Hall–Kier alpha value is -3.71. The number of nitrogens with one attached hydrogen (secondary N) is 1. The van der Waals surface area contributed by atoms with E-state index in [9.17, 15) is 14.0 Å². The van der Waals surface area contributed by atoms with Crippen LogP contribution < -0.4 is 10.2 Å². The van der Waals surface area contributed by atoms with E-state index in [1.807, 2.05) is 12.1 Å². The van der Waals surface area contributed by atoms with Crippen molar-refractivity contribution >= 4 is 23.3 Å². The number of hydrogen-bond acceptors (Lipinski definition) is 3. The van der Waals surface area contributed by atoms with Crippen molar-refractivity contribution in [2.24, 2.45) is 0 Å². The van der Waals surface area contributed by atoms with Gasteiger partial charge in [0.25, 0.3) is 5.91 Å². The predicted octanol–water partition coefficient (Wildman–Crippen LogP) is 4.45. The number of benzene rings is 3. The van der Waals surface area contributed by atoms with Gasteiger partial charge in [-0.1, -0.05) is 30.3 Å². The summed E-state index contributed by atoms with van der Waals surface area (Å²) in [5.74, 6) is -0.566. The van der Waals surface area contributed by atoms with Crippen molar-refractivity contribution in [3.05, 3.63) is 95.3 Å². The molecule has 7 heteroatoms. The van der Waals surface area contributed by atoms with Crippen LogP contribution in [0.1, 0.15) is 27.9 Å². The topological polar surface area (TPSA) is 72.9 Å². The van der Waals surface area contributed by atoms with Gasteiger partial charge in [-0.3, -0.25) is 9.69 Å². The van der Waals surface area contributed by atoms with Crippen LogP contribution in [0.5, 0.6) is 0 Å². The van der Waals surface area contributed by atoms with Crippen molar-refractivity contribution in [3.8, 4) is 0 Å². The highest BCUT2D eigenvalue weighted by Crippen LogP contribution is 2.23. The molecular formula is C26H26FN3O3. The molecule has 3 aromatic carbocycles. The van der Waals surface area contributed by atoms with E-state index < -0.39 is 0 Å². The lowest BCUT2D eigenvalue weighted by atomic mass is 10.1. The third kappa shape index (κ3) is 5.38. The second-order valence-corrected chi connectivity index (χ2v) is 7.97. The number of carbonyl (C=O) groups is 2. The number of anilines is 2. The van der Waals surface area contributed by atoms with Crippen molar-refractivity contribution in [2.45, 2.75) is 19.4 Å². The summed E-state index contributed by atoms with van der Waals surface area (Å²) in [7, 11) is 0. The molecule has 0 aliphatic carbocycles. The van der Waals surface area contributed by atoms with Crippen molar-refractivity contribution < 1.29 is 19.1 Å². The lowest BCUT2D eigenvalue weighted by Gasteiger charge is -2.35. The van der Waals surface area contributed by atoms with Gasteiger partial charge < -0.3 is 15.3 Å². The number of aliphatic hydroxyl groups is 1. The Kier molecular flexibility index (Phi) is 7.00. The van der Waals surface area contributed by atoms with Gasteiger partial charge in [0.15, 0.2) is 0 Å². The number of nitrogens with zero attached hydrogens (tertiary/aromatic N) is 2. The molecule has 0 saturated carbocycles. The molecule has 1 aliphatic rings. The van der Waals surface area contributed by atoms with Crippen LogP contribution in [0.4, 0.5) is 20.6 Å². The Labute approximate surface area is 192 Å². The van der Waals surface area contributed by atoms with Gasteiger partial charge >= 0.3 is 6.03 Å². The van der Waals surface area contributed by atoms with Gasteiger partial charge in [-0.15, -0.1) is 0 Å². The lowest BCUT2D eigenvalue weighted by molar-refractivity contribution is 0.102. The first-order valence-corrected chi connectivity index (χ1v) is 11.0. The zero-order chi connectivity index (χ0) is 23.2. The van der Waals surface area contributed by atoms with Gasteiger partial charge in [-0.25, -0.2) is 9.18 Å². The van der Waals surface area contributed by atoms with E-state index in [4.69, 9.17) is 5.11 Å². The summed E-state index contributed by atoms with van der Waals surface area (Å²) < 4.78 is 14.0. The maximum absolute atomic E-state index is 14.0. The fourth-order valence-corrected chi connectivity index (χ4v) is 3.88. The summed E-state index contributed by atoms with van der Waals surface area (Å²) in [4.78, 5) is 28.9. The third-order valence-electron chi connectivity index (χ3n) is 5.68. The van der Waals surface area contributed by atoms with Crippen LogP contribution >= 0.6 is 0 Å². The number of rotatable bonds is 7. The SMILES string of the molecule is O=C(Nc1ccc(CCO)cc1)c1ccc(N2CCCN(Cc3ccccc3F)C2=O)cc1. The quantitative estimate of drug-likeness (QED) is 0.562. The highest BCUT2D eigenvalue weighted by Gasteiger charge is 2.27. The largest absolute Gasteiger partial charge is 0.396 e. The molecule has 6 nitrogen and oxygen atoms in total. The highest BCUT2D eigenvalue weighted by atomic mass is 19.1. The minimum absolute atomic E-state index is 0.0818. The van der Waals surface area contributed by atoms with Crippen LogP contribution in [0.15, 0.2) is 72.8 Å². The van der Waals surface area contributed by atoms with E-state index in [-0.39, 0.29) is 30.9 Å². The number of aliphatic hydroxyl groups excluding tert-OH is 1. The first-order chi connectivity index (χ1) is 16.0. The summed E-state index contributed by atoms with van der Waals surface area (Å²) in [6, 6.07) is 20.5. The zero-order valence-corrected chi connectivity index (χ0v) is 18.2. The molecule has 1 heterocycles. The van der Waals surface area contributed by atoms with Crippen molar-refractivity contribution in [1.29, 1.82) is 0 Å². The summed E-state index contributed by atoms with van der Waals surface area (Å²) in [5, 5.41) is 11.8. The first-order valence-electron chi connectivity index (χ1n) is 11.0. The molecule has 0 spiro atoms. The number of amides is 3. The Morgan fingerprint density at radius 3 is 2.39 bits per heavy atom. The minimum Gasteiger partial charge on any atom is -0.396 e. The predicted molar refractivity (Wildman–Crippen MR) is 126 cm³/mol. The fraction of sp³-hybridized carbons (Fsp3) is 0.231. The Bertz CT molecular complexity index is 1120. The van der Waals surface area contributed by atoms with Crippen LogP contribution in [-0.4, -0.2) is 41.6 Å². The van der Waals surface area contributed by atoms with E-state index in [1.165, 1.54) is 6.07 Å². The highest BCUT2D eigenvalue weighted by molar-refractivity contribution is 6.04. The lowest BCUT2D eigenvalue weighted by Crippen LogP contribution is -2.49. The van der Waals surface area contributed by atoms with Crippen molar-refractivity contribution in [3.63, 3.8) is 0 Å². The molecule has 1 saturated heterocycles. The van der Waals surface area contributed by atoms with Crippen LogP contribution in [0.2, 0.25) is 0 Å². The van der Waals surface area contributed by atoms with Gasteiger partial charge in [-0.05, 0) is 60.9 Å². The summed E-state index contributed by atoms with van der Waals surface area (Å²) in [5.41, 5.74) is 3.33. The summed E-state index contributed by atoms with van der Waals surface area (Å²) >= 11 is 0. The normalized spacial score (nSPS) is 13.8. The number of urea groups is 1. The Balaban J connectivity index is 1.41. The maximum atomic E-state index is 14.0. The minimum atomic E-state index is -0.319. The van der Waals surface area contributed by atoms with Crippen LogP contribution in [0.25, 0.3) is 0 Å². The molecule has 33 heavy (non-hydrogen) atoms. The molecule has 2 N–H and O–H groups in total. The first kappa shape index (κ1) is 22.5. The van der Waals surface area contributed by atoms with Crippen molar-refractivity contribution in [1.82, 2.24) is 4.90 Å². The van der Waals surface area contributed by atoms with Crippen LogP contribution in [0.3, 0.4) is 0 Å². The standard InChI is InChI=1S/C26H26FN3O3/c27-24-5-2-1-4-21(24)18-29-15-3-16-30(26(29)33)23-12-8-20(9-13-23)25(32)28-22-10-6-19(7-11-22)14-17-31/h1-2,4-13,31H,3,14-18H2,(H,28,32). The zero-order valence-electron chi connectivity index (χ0n) is 18.2. The molecule has 0 aromatic heterocycles. The smallest absolute Gasteiger partial charge is 0.324 e. The monoisotopic (exact) mass is 447 g/mol. The van der Waals surface area contributed by atoms with E-state index in [0.29, 0.717) is 42.0 Å². The summed E-state index contributed by atoms with van der Waals surface area (Å²) in [6.07, 6.45) is 1.34. The van der Waals surface area contributed by atoms with E-state index >= 15 is 0 Å². The number of halogens is 1. The molecule has 0 radical (unpaired) electrons. The Morgan fingerprint density at radius 2 is 1.70 bits per heavy atom. The molecule has 0 atom stereocenters. The molecular weight excluding hydrogens is 421 g/mol. The molecule has 1 aliphatic heterocycles.